The molecule has 0 spiro atoms. The van der Waals surface area contributed by atoms with Gasteiger partial charge in [0.15, 0.2) is 18.9 Å². The second-order valence-electron chi connectivity index (χ2n) is 12.0. The molecule has 19 heteroatoms. The smallest absolute Gasteiger partial charge is 0.222 e. The van der Waals surface area contributed by atoms with Gasteiger partial charge in [-0.25, -0.2) is 0 Å². The third-order valence-corrected chi connectivity index (χ3v) is 8.79. The highest BCUT2D eigenvalue weighted by Gasteiger charge is 2.54. The van der Waals surface area contributed by atoms with E-state index in [0.717, 1.165) is 0 Å². The number of carbonyl (C=O) groups excluding carboxylic acids is 1. The number of hydrogen-bond acceptors (Lipinski definition) is 18. The Morgan fingerprint density at radius 3 is 2.04 bits per heavy atom. The molecule has 0 aromatic heterocycles. The van der Waals surface area contributed by atoms with Crippen LogP contribution in [-0.4, -0.2) is 167 Å². The molecular formula is C26H50N6O13. The number of aliphatic hydroxyl groups excluding tert-OH is 6. The van der Waals surface area contributed by atoms with Gasteiger partial charge in [-0.3, -0.25) is 4.79 Å². The average Bonchev–Trinajstić information content (AvgIpc) is 3.31. The van der Waals surface area contributed by atoms with Crippen LogP contribution in [0.15, 0.2) is 0 Å². The van der Waals surface area contributed by atoms with Crippen LogP contribution in [0.25, 0.3) is 0 Å². The summed E-state index contributed by atoms with van der Waals surface area (Å²) < 4.78 is 35.4. The molecule has 3 heterocycles. The predicted molar refractivity (Wildman–Crippen MR) is 151 cm³/mol. The highest BCUT2D eigenvalue weighted by Crippen LogP contribution is 2.34. The van der Waals surface area contributed by atoms with Crippen molar-refractivity contribution in [2.75, 3.05) is 26.3 Å². The summed E-state index contributed by atoms with van der Waals surface area (Å²) in [6.07, 6.45) is -15.0. The molecule has 4 rings (SSSR count). The van der Waals surface area contributed by atoms with E-state index in [2.05, 4.69) is 5.32 Å². The van der Waals surface area contributed by atoms with Gasteiger partial charge < -0.3 is 93.0 Å². The van der Waals surface area contributed by atoms with Crippen LogP contribution in [0.3, 0.4) is 0 Å². The maximum Gasteiger partial charge on any atom is 0.222 e. The van der Waals surface area contributed by atoms with Crippen molar-refractivity contribution in [2.24, 2.45) is 28.7 Å². The van der Waals surface area contributed by atoms with Gasteiger partial charge in [0.25, 0.3) is 0 Å². The minimum absolute atomic E-state index is 0.0532. The minimum atomic E-state index is -1.61. The topological polar surface area (TPSA) is 336 Å². The van der Waals surface area contributed by atoms with Gasteiger partial charge in [0.05, 0.1) is 37.4 Å². The molecule has 3 aliphatic heterocycles. The molecule has 3 saturated heterocycles. The number of carbonyl (C=O) groups is 1. The maximum absolute atomic E-state index is 12.3. The van der Waals surface area contributed by atoms with Crippen molar-refractivity contribution in [3.05, 3.63) is 0 Å². The van der Waals surface area contributed by atoms with E-state index in [1.807, 2.05) is 0 Å². The van der Waals surface area contributed by atoms with E-state index in [4.69, 9.17) is 62.2 Å². The summed E-state index contributed by atoms with van der Waals surface area (Å²) in [7, 11) is 0. The fraction of sp³-hybridized carbons (Fsp3) is 0.962. The lowest BCUT2D eigenvalue weighted by molar-refractivity contribution is -0.289. The van der Waals surface area contributed by atoms with Crippen LogP contribution in [0, 0.1) is 0 Å². The molecule has 1 aliphatic carbocycles. The second-order valence-corrected chi connectivity index (χ2v) is 12.0. The maximum atomic E-state index is 12.3. The van der Waals surface area contributed by atoms with Crippen molar-refractivity contribution in [1.82, 2.24) is 5.32 Å². The molecule has 1 unspecified atom stereocenters. The first kappa shape index (κ1) is 36.6. The highest BCUT2D eigenvalue weighted by atomic mass is 16.8. The molecule has 1 saturated carbocycles. The van der Waals surface area contributed by atoms with Gasteiger partial charge in [-0.15, -0.1) is 0 Å². The summed E-state index contributed by atoms with van der Waals surface area (Å²) in [5.41, 5.74) is 30.2. The largest absolute Gasteiger partial charge is 0.396 e. The van der Waals surface area contributed by atoms with Crippen LogP contribution in [0.2, 0.25) is 0 Å². The Bertz CT molecular complexity index is 944. The SMILES string of the molecule is NC[C@@H]1CC[C@@H](N)[C@@H](O[C@H]2[C@H](O[C@@H]3O[C@H](CO)[C@@H](OC4O[C@@H](CN)[C@@H](O)[C@H](O)[C@H]4N)[C@H]3O)[C@@H](O)[C@H](NC(=O)CCO)C[C@@H]2N)O1. The third-order valence-electron chi connectivity index (χ3n) is 8.79. The fourth-order valence-electron chi connectivity index (χ4n) is 6.14. The average molecular weight is 655 g/mol. The van der Waals surface area contributed by atoms with Crippen molar-refractivity contribution in [1.29, 1.82) is 0 Å². The van der Waals surface area contributed by atoms with Gasteiger partial charge in [0, 0.05) is 25.6 Å². The molecule has 17 N–H and O–H groups in total. The van der Waals surface area contributed by atoms with Crippen molar-refractivity contribution < 1.29 is 63.9 Å². The summed E-state index contributed by atoms with van der Waals surface area (Å²) >= 11 is 0. The summed E-state index contributed by atoms with van der Waals surface area (Å²) in [5.74, 6) is -0.534. The zero-order valence-corrected chi connectivity index (χ0v) is 24.9. The fourth-order valence-corrected chi connectivity index (χ4v) is 6.14. The Balaban J connectivity index is 1.53. The van der Waals surface area contributed by atoms with E-state index in [1.54, 1.807) is 0 Å². The van der Waals surface area contributed by atoms with Crippen LogP contribution in [0.1, 0.15) is 25.7 Å². The van der Waals surface area contributed by atoms with E-state index in [-0.39, 0.29) is 32.0 Å². The Labute approximate surface area is 260 Å². The van der Waals surface area contributed by atoms with Gasteiger partial charge >= 0.3 is 0 Å². The highest BCUT2D eigenvalue weighted by molar-refractivity contribution is 5.76. The van der Waals surface area contributed by atoms with Crippen LogP contribution in [-0.2, 0) is 33.2 Å². The molecule has 4 aliphatic rings. The van der Waals surface area contributed by atoms with Crippen LogP contribution in [0.4, 0.5) is 0 Å². The molecule has 0 bridgehead atoms. The lowest BCUT2D eigenvalue weighted by Gasteiger charge is -2.46. The zero-order valence-electron chi connectivity index (χ0n) is 24.9. The quantitative estimate of drug-likeness (QED) is 0.0929. The monoisotopic (exact) mass is 654 g/mol. The summed E-state index contributed by atoms with van der Waals surface area (Å²) in [4.78, 5) is 12.3. The van der Waals surface area contributed by atoms with Gasteiger partial charge in [-0.05, 0) is 19.3 Å². The molecule has 262 valence electrons. The molecule has 1 amide bonds. The molecule has 4 fully saturated rings. The number of ether oxygens (including phenoxy) is 6. The lowest BCUT2D eigenvalue weighted by atomic mass is 9.83. The second kappa shape index (κ2) is 16.3. The van der Waals surface area contributed by atoms with Crippen LogP contribution in [0.5, 0.6) is 0 Å². The van der Waals surface area contributed by atoms with Gasteiger partial charge in [0.1, 0.15) is 54.9 Å². The molecule has 0 aromatic carbocycles. The predicted octanol–water partition coefficient (Wildman–Crippen LogP) is -7.30. The number of nitrogens with one attached hydrogen (secondary N) is 1. The van der Waals surface area contributed by atoms with E-state index in [9.17, 15) is 30.3 Å². The summed E-state index contributed by atoms with van der Waals surface area (Å²) in [5, 5.41) is 65.0. The Morgan fingerprint density at radius 1 is 0.733 bits per heavy atom. The van der Waals surface area contributed by atoms with Gasteiger partial charge in [-0.1, -0.05) is 0 Å². The lowest BCUT2D eigenvalue weighted by Crippen LogP contribution is -2.66. The third kappa shape index (κ3) is 8.27. The Hall–Kier alpha value is -1.21. The van der Waals surface area contributed by atoms with Crippen molar-refractivity contribution in [2.45, 2.75) is 130 Å². The summed E-state index contributed by atoms with van der Waals surface area (Å²) in [6.45, 7) is -0.991. The van der Waals surface area contributed by atoms with Gasteiger partial charge in [-0.2, -0.15) is 0 Å². The molecule has 45 heavy (non-hydrogen) atoms. The number of hydrogen-bond donors (Lipinski definition) is 12. The van der Waals surface area contributed by atoms with E-state index >= 15 is 0 Å². The minimum Gasteiger partial charge on any atom is -0.396 e. The van der Waals surface area contributed by atoms with Crippen molar-refractivity contribution in [3.8, 4) is 0 Å². The standard InChI is InChI=1S/C26H50N6O13/c27-6-9-1-2-10(29)24(40-9)43-21-11(30)5-12(32-15(35)3-4-33)17(36)23(21)45-26-20(39)22(14(8-34)42-26)44-25-16(31)19(38)18(37)13(7-28)41-25/h9-14,16-26,33-34,36-39H,1-8,27-31H2,(H,32,35)/t9-,10+,11-,12+,13-,14+,16+,17-,18+,19+,20+,21+,22+,23+,24+,25?,26-/m0/s1. The van der Waals surface area contributed by atoms with Crippen LogP contribution < -0.4 is 34.0 Å². The van der Waals surface area contributed by atoms with E-state index < -0.39 is 117 Å². The Kier molecular flexibility index (Phi) is 13.2. The Morgan fingerprint density at radius 2 is 1.40 bits per heavy atom. The first-order chi connectivity index (χ1) is 21.4. The molecule has 0 radical (unpaired) electrons. The summed E-state index contributed by atoms with van der Waals surface area (Å²) in [6, 6.07) is -3.57. The normalized spacial score (nSPS) is 47.5. The number of amides is 1. The number of nitrogens with two attached hydrogens (primary N) is 5. The van der Waals surface area contributed by atoms with E-state index in [0.29, 0.717) is 12.8 Å². The molecule has 0 aromatic rings. The first-order valence-corrected chi connectivity index (χ1v) is 15.3. The molecule has 19 nitrogen and oxygen atoms in total. The van der Waals surface area contributed by atoms with Crippen molar-refractivity contribution >= 4 is 5.91 Å². The zero-order chi connectivity index (χ0) is 33.0. The van der Waals surface area contributed by atoms with Crippen LogP contribution >= 0.6 is 0 Å². The number of aliphatic hydroxyl groups is 6. The number of rotatable bonds is 12. The molecular weight excluding hydrogens is 604 g/mol. The van der Waals surface area contributed by atoms with Crippen molar-refractivity contribution in [3.63, 3.8) is 0 Å². The first-order valence-electron chi connectivity index (χ1n) is 15.3. The van der Waals surface area contributed by atoms with E-state index in [1.165, 1.54) is 0 Å². The molecule has 17 atom stereocenters. The van der Waals surface area contributed by atoms with Gasteiger partial charge in [0.2, 0.25) is 5.91 Å².